The van der Waals surface area contributed by atoms with Crippen molar-refractivity contribution in [2.24, 2.45) is 10.9 Å². The van der Waals surface area contributed by atoms with E-state index in [1.165, 1.54) is 20.3 Å². The zero-order valence-corrected chi connectivity index (χ0v) is 16.2. The molecule has 27 heavy (non-hydrogen) atoms. The number of methoxy groups -OCH3 is 2. The van der Waals surface area contributed by atoms with Crippen LogP contribution in [0.5, 0.6) is 5.75 Å². The number of cyclic esters (lactones) is 1. The highest BCUT2D eigenvalue weighted by Crippen LogP contribution is 2.42. The van der Waals surface area contributed by atoms with E-state index in [0.717, 1.165) is 11.1 Å². The number of allylic oxidation sites excluding steroid dienone is 2. The number of isocyanates is 1. The summed E-state index contributed by atoms with van der Waals surface area (Å²) >= 11 is 0. The van der Waals surface area contributed by atoms with E-state index < -0.39 is 5.97 Å². The minimum absolute atomic E-state index is 0.0121. The normalized spacial score (nSPS) is 14.1. The van der Waals surface area contributed by atoms with E-state index in [1.54, 1.807) is 0 Å². The second kappa shape index (κ2) is 8.64. The Labute approximate surface area is 158 Å². The lowest BCUT2D eigenvalue weighted by Crippen LogP contribution is -2.08. The van der Waals surface area contributed by atoms with Gasteiger partial charge in [0.2, 0.25) is 6.08 Å². The standard InChI is InChI=1S/C20H23NO6/c1-11(12(2)8-16(23)25-4)6-7-14-18(21-10-22)17-15(9-27-20(17)24)13(3)19(14)26-5/h6,12H,7-9H2,1-5H3/b11-6+. The zero-order chi connectivity index (χ0) is 20.1. The summed E-state index contributed by atoms with van der Waals surface area (Å²) in [6, 6.07) is 0. The van der Waals surface area contributed by atoms with Crippen LogP contribution in [0.4, 0.5) is 5.69 Å². The molecule has 0 aliphatic carbocycles. The lowest BCUT2D eigenvalue weighted by Gasteiger charge is -2.17. The topological polar surface area (TPSA) is 91.3 Å². The van der Waals surface area contributed by atoms with Crippen LogP contribution in [0.2, 0.25) is 0 Å². The van der Waals surface area contributed by atoms with Crippen LogP contribution in [0, 0.1) is 12.8 Å². The largest absolute Gasteiger partial charge is 0.496 e. The molecule has 0 saturated carbocycles. The Morgan fingerprint density at radius 1 is 1.41 bits per heavy atom. The van der Waals surface area contributed by atoms with Gasteiger partial charge in [0.05, 0.1) is 31.9 Å². The third kappa shape index (κ3) is 4.09. The fourth-order valence-electron chi connectivity index (χ4n) is 3.16. The van der Waals surface area contributed by atoms with Crippen LogP contribution < -0.4 is 4.74 Å². The summed E-state index contributed by atoms with van der Waals surface area (Å²) in [4.78, 5) is 38.4. The number of nitrogens with zero attached hydrogens (tertiary/aromatic N) is 1. The number of ether oxygens (including phenoxy) is 3. The van der Waals surface area contributed by atoms with Crippen molar-refractivity contribution >= 4 is 23.7 Å². The quantitative estimate of drug-likeness (QED) is 0.315. The van der Waals surface area contributed by atoms with Gasteiger partial charge >= 0.3 is 11.9 Å². The maximum absolute atomic E-state index is 12.1. The molecule has 0 aromatic heterocycles. The van der Waals surface area contributed by atoms with Gasteiger partial charge in [-0.05, 0) is 31.7 Å². The number of hydrogen-bond donors (Lipinski definition) is 0. The first-order chi connectivity index (χ1) is 12.8. The van der Waals surface area contributed by atoms with Gasteiger partial charge in [0.25, 0.3) is 0 Å². The number of hydrogen-bond acceptors (Lipinski definition) is 7. The maximum atomic E-state index is 12.1. The maximum Gasteiger partial charge on any atom is 0.341 e. The molecule has 1 aromatic rings. The first-order valence-corrected chi connectivity index (χ1v) is 8.56. The molecule has 144 valence electrons. The summed E-state index contributed by atoms with van der Waals surface area (Å²) < 4.78 is 15.4. The SMILES string of the molecule is COC(=O)CC(C)/C(C)=C/Cc1c(N=C=O)c2c(c(C)c1OC)COC2=O. The number of rotatable bonds is 7. The predicted octanol–water partition coefficient (Wildman–Crippen LogP) is 3.33. The van der Waals surface area contributed by atoms with E-state index in [4.69, 9.17) is 14.2 Å². The highest BCUT2D eigenvalue weighted by atomic mass is 16.5. The Morgan fingerprint density at radius 3 is 2.70 bits per heavy atom. The van der Waals surface area contributed by atoms with Crippen molar-refractivity contribution < 1.29 is 28.6 Å². The van der Waals surface area contributed by atoms with Gasteiger partial charge in [-0.1, -0.05) is 18.6 Å². The second-order valence-corrected chi connectivity index (χ2v) is 6.45. The minimum atomic E-state index is -0.509. The molecule has 1 atom stereocenters. The van der Waals surface area contributed by atoms with Crippen molar-refractivity contribution in [3.63, 3.8) is 0 Å². The van der Waals surface area contributed by atoms with Crippen LogP contribution >= 0.6 is 0 Å². The molecule has 1 aliphatic heterocycles. The van der Waals surface area contributed by atoms with Crippen molar-refractivity contribution in [2.75, 3.05) is 14.2 Å². The Bertz CT molecular complexity index is 849. The Morgan fingerprint density at radius 2 is 2.11 bits per heavy atom. The lowest BCUT2D eigenvalue weighted by molar-refractivity contribution is -0.141. The van der Waals surface area contributed by atoms with Gasteiger partial charge in [-0.25, -0.2) is 9.59 Å². The fraction of sp³-hybridized carbons (Fsp3) is 0.450. The van der Waals surface area contributed by atoms with Gasteiger partial charge in [-0.15, -0.1) is 0 Å². The van der Waals surface area contributed by atoms with Crippen LogP contribution in [-0.2, 0) is 32.1 Å². The van der Waals surface area contributed by atoms with Crippen molar-refractivity contribution in [1.29, 1.82) is 0 Å². The summed E-state index contributed by atoms with van der Waals surface area (Å²) in [5.74, 6) is -0.242. The van der Waals surface area contributed by atoms with Gasteiger partial charge in [0.15, 0.2) is 0 Å². The molecular formula is C20H23NO6. The molecule has 0 amide bonds. The average molecular weight is 373 g/mol. The fourth-order valence-corrected chi connectivity index (χ4v) is 3.16. The predicted molar refractivity (Wildman–Crippen MR) is 97.9 cm³/mol. The van der Waals surface area contributed by atoms with Crippen LogP contribution in [0.3, 0.4) is 0 Å². The molecular weight excluding hydrogens is 350 g/mol. The van der Waals surface area contributed by atoms with Crippen LogP contribution in [0.25, 0.3) is 0 Å². The first-order valence-electron chi connectivity index (χ1n) is 8.56. The summed E-state index contributed by atoms with van der Waals surface area (Å²) in [5.41, 5.74) is 3.57. The van der Waals surface area contributed by atoms with Gasteiger partial charge in [-0.2, -0.15) is 4.99 Å². The van der Waals surface area contributed by atoms with Crippen molar-refractivity contribution in [1.82, 2.24) is 0 Å². The van der Waals surface area contributed by atoms with Crippen molar-refractivity contribution in [2.45, 2.75) is 40.2 Å². The van der Waals surface area contributed by atoms with Crippen molar-refractivity contribution in [3.8, 4) is 5.75 Å². The van der Waals surface area contributed by atoms with Crippen LogP contribution in [0.15, 0.2) is 16.6 Å². The monoisotopic (exact) mass is 373 g/mol. The lowest BCUT2D eigenvalue weighted by atomic mass is 9.92. The molecule has 0 N–H and O–H groups in total. The van der Waals surface area contributed by atoms with Gasteiger partial charge in [0, 0.05) is 11.1 Å². The molecule has 0 fully saturated rings. The van der Waals surface area contributed by atoms with Crippen LogP contribution in [-0.4, -0.2) is 32.2 Å². The van der Waals surface area contributed by atoms with E-state index in [-0.39, 0.29) is 30.6 Å². The molecule has 1 heterocycles. The molecule has 7 nitrogen and oxygen atoms in total. The Balaban J connectivity index is 2.50. The van der Waals surface area contributed by atoms with Gasteiger partial charge in [-0.3, -0.25) is 4.79 Å². The molecule has 1 aliphatic rings. The van der Waals surface area contributed by atoms with E-state index in [9.17, 15) is 14.4 Å². The van der Waals surface area contributed by atoms with Crippen LogP contribution in [0.1, 0.15) is 47.3 Å². The van der Waals surface area contributed by atoms with E-state index >= 15 is 0 Å². The molecule has 0 radical (unpaired) electrons. The molecule has 1 aromatic carbocycles. The molecule has 2 rings (SSSR count). The number of benzene rings is 1. The average Bonchev–Trinajstić information content (AvgIpc) is 3.04. The number of esters is 2. The molecule has 0 saturated heterocycles. The van der Waals surface area contributed by atoms with Gasteiger partial charge in [0.1, 0.15) is 12.4 Å². The number of fused-ring (bicyclic) bond motifs is 1. The van der Waals surface area contributed by atoms with E-state index in [0.29, 0.717) is 28.9 Å². The Kier molecular flexibility index (Phi) is 6.53. The first kappa shape index (κ1) is 20.4. The summed E-state index contributed by atoms with van der Waals surface area (Å²) in [6.45, 7) is 5.81. The van der Waals surface area contributed by atoms with Crippen molar-refractivity contribution in [3.05, 3.63) is 33.9 Å². The second-order valence-electron chi connectivity index (χ2n) is 6.45. The smallest absolute Gasteiger partial charge is 0.341 e. The molecule has 1 unspecified atom stereocenters. The highest BCUT2D eigenvalue weighted by Gasteiger charge is 2.32. The Hall–Kier alpha value is -2.92. The molecule has 0 bridgehead atoms. The number of aliphatic imine (C=N–C) groups is 1. The third-order valence-corrected chi connectivity index (χ3v) is 4.91. The minimum Gasteiger partial charge on any atom is -0.496 e. The highest BCUT2D eigenvalue weighted by molar-refractivity contribution is 6.01. The number of carbonyl (C=O) groups is 2. The third-order valence-electron chi connectivity index (χ3n) is 4.91. The summed E-state index contributed by atoms with van der Waals surface area (Å²) in [5, 5.41) is 0. The molecule has 0 spiro atoms. The summed E-state index contributed by atoms with van der Waals surface area (Å²) in [6.07, 6.45) is 4.10. The molecule has 7 heteroatoms. The number of carbonyl (C=O) groups excluding carboxylic acids is 3. The van der Waals surface area contributed by atoms with E-state index in [2.05, 4.69) is 4.99 Å². The summed E-state index contributed by atoms with van der Waals surface area (Å²) in [7, 11) is 2.88. The van der Waals surface area contributed by atoms with Gasteiger partial charge < -0.3 is 14.2 Å². The zero-order valence-electron chi connectivity index (χ0n) is 16.2. The van der Waals surface area contributed by atoms with E-state index in [1.807, 2.05) is 26.8 Å².